The van der Waals surface area contributed by atoms with Crippen LogP contribution < -0.4 is 16.0 Å². The van der Waals surface area contributed by atoms with E-state index in [1.807, 2.05) is 13.8 Å². The molecule has 2 rings (SSSR count). The Morgan fingerprint density at radius 3 is 1.93 bits per heavy atom. The van der Waals surface area contributed by atoms with Crippen molar-refractivity contribution in [2.75, 3.05) is 17.7 Å². The van der Waals surface area contributed by atoms with Gasteiger partial charge in [-0.05, 0) is 48.0 Å². The summed E-state index contributed by atoms with van der Waals surface area (Å²) < 4.78 is 0. The Kier molecular flexibility index (Phi) is 6.88. The Labute approximate surface area is 158 Å². The summed E-state index contributed by atoms with van der Waals surface area (Å²) in [6.07, 6.45) is 3.09. The Bertz CT molecular complexity index is 838. The van der Waals surface area contributed by atoms with Crippen LogP contribution in [0.25, 0.3) is 6.08 Å². The highest BCUT2D eigenvalue weighted by Gasteiger charge is 2.07. The number of carbonyl (C=O) groups excluding carboxylic acids is 3. The van der Waals surface area contributed by atoms with E-state index in [2.05, 4.69) is 16.0 Å². The van der Waals surface area contributed by atoms with Crippen LogP contribution in [-0.2, 0) is 9.59 Å². The van der Waals surface area contributed by atoms with Gasteiger partial charge in [0, 0.05) is 36.0 Å². The van der Waals surface area contributed by atoms with E-state index < -0.39 is 0 Å². The summed E-state index contributed by atoms with van der Waals surface area (Å²) in [7, 11) is 1.57. The highest BCUT2D eigenvalue weighted by molar-refractivity contribution is 6.02. The van der Waals surface area contributed by atoms with Gasteiger partial charge in [-0.25, -0.2) is 0 Å². The summed E-state index contributed by atoms with van der Waals surface area (Å²) in [5.74, 6) is -0.585. The number of anilines is 2. The topological polar surface area (TPSA) is 87.3 Å². The smallest absolute Gasteiger partial charge is 0.251 e. The lowest BCUT2D eigenvalue weighted by atomic mass is 10.1. The van der Waals surface area contributed by atoms with Crippen LogP contribution in [0.15, 0.2) is 54.6 Å². The van der Waals surface area contributed by atoms with E-state index in [0.29, 0.717) is 16.9 Å². The third-order valence-corrected chi connectivity index (χ3v) is 3.77. The second kappa shape index (κ2) is 9.33. The number of carbonyl (C=O) groups is 3. The van der Waals surface area contributed by atoms with Gasteiger partial charge in [0.1, 0.15) is 0 Å². The Balaban J connectivity index is 1.92. The predicted octanol–water partition coefficient (Wildman–Crippen LogP) is 3.29. The van der Waals surface area contributed by atoms with Gasteiger partial charge in [0.15, 0.2) is 0 Å². The van der Waals surface area contributed by atoms with E-state index in [9.17, 15) is 14.4 Å². The molecule has 140 valence electrons. The second-order valence-corrected chi connectivity index (χ2v) is 6.25. The number of hydrogen-bond acceptors (Lipinski definition) is 3. The molecular weight excluding hydrogens is 342 g/mol. The zero-order valence-electron chi connectivity index (χ0n) is 15.6. The fourth-order valence-electron chi connectivity index (χ4n) is 2.17. The van der Waals surface area contributed by atoms with Crippen molar-refractivity contribution >= 4 is 35.2 Å². The summed E-state index contributed by atoms with van der Waals surface area (Å²) in [6.45, 7) is 3.64. The van der Waals surface area contributed by atoms with Gasteiger partial charge in [-0.1, -0.05) is 26.0 Å². The molecule has 0 fully saturated rings. The molecule has 3 N–H and O–H groups in total. The summed E-state index contributed by atoms with van der Waals surface area (Å²) in [5.41, 5.74) is 2.67. The minimum absolute atomic E-state index is 0.0582. The van der Waals surface area contributed by atoms with Crippen LogP contribution >= 0.6 is 0 Å². The molecule has 0 aliphatic heterocycles. The minimum atomic E-state index is -0.274. The number of amides is 3. The molecule has 0 saturated heterocycles. The van der Waals surface area contributed by atoms with Gasteiger partial charge in [-0.3, -0.25) is 14.4 Å². The first-order chi connectivity index (χ1) is 12.9. The van der Waals surface area contributed by atoms with Gasteiger partial charge in [0.25, 0.3) is 5.91 Å². The maximum absolute atomic E-state index is 12.0. The SMILES string of the molecule is CNC(=O)c1ccc(/C=C/C(=O)Nc2ccc(NC(=O)C(C)C)cc2)cc1. The average molecular weight is 365 g/mol. The largest absolute Gasteiger partial charge is 0.355 e. The maximum Gasteiger partial charge on any atom is 0.251 e. The molecule has 0 bridgehead atoms. The molecule has 0 unspecified atom stereocenters. The second-order valence-electron chi connectivity index (χ2n) is 6.25. The maximum atomic E-state index is 12.0. The molecule has 27 heavy (non-hydrogen) atoms. The summed E-state index contributed by atoms with van der Waals surface area (Å²) >= 11 is 0. The first-order valence-corrected chi connectivity index (χ1v) is 8.61. The van der Waals surface area contributed by atoms with Crippen molar-refractivity contribution in [2.24, 2.45) is 5.92 Å². The zero-order chi connectivity index (χ0) is 19.8. The molecule has 3 amide bonds. The fourth-order valence-corrected chi connectivity index (χ4v) is 2.17. The van der Waals surface area contributed by atoms with Gasteiger partial charge in [-0.15, -0.1) is 0 Å². The molecule has 6 heteroatoms. The highest BCUT2D eigenvalue weighted by atomic mass is 16.2. The van der Waals surface area contributed by atoms with Gasteiger partial charge < -0.3 is 16.0 Å². The van der Waals surface area contributed by atoms with E-state index >= 15 is 0 Å². The van der Waals surface area contributed by atoms with E-state index in [1.165, 1.54) is 6.08 Å². The third kappa shape index (κ3) is 6.11. The third-order valence-electron chi connectivity index (χ3n) is 3.77. The molecule has 0 spiro atoms. The van der Waals surface area contributed by atoms with Crippen molar-refractivity contribution in [2.45, 2.75) is 13.8 Å². The lowest BCUT2D eigenvalue weighted by molar-refractivity contribution is -0.119. The van der Waals surface area contributed by atoms with Crippen LogP contribution in [0.1, 0.15) is 29.8 Å². The van der Waals surface area contributed by atoms with Crippen molar-refractivity contribution < 1.29 is 14.4 Å². The molecule has 0 atom stereocenters. The number of hydrogen-bond donors (Lipinski definition) is 3. The van der Waals surface area contributed by atoms with Crippen molar-refractivity contribution in [3.05, 3.63) is 65.7 Å². The van der Waals surface area contributed by atoms with Gasteiger partial charge in [0.05, 0.1) is 0 Å². The van der Waals surface area contributed by atoms with Crippen LogP contribution in [-0.4, -0.2) is 24.8 Å². The summed E-state index contributed by atoms with van der Waals surface area (Å²) in [4.78, 5) is 35.2. The lowest BCUT2D eigenvalue weighted by Gasteiger charge is -2.08. The fraction of sp³-hybridized carbons (Fsp3) is 0.190. The Morgan fingerprint density at radius 1 is 0.852 bits per heavy atom. The molecule has 2 aromatic carbocycles. The van der Waals surface area contributed by atoms with E-state index in [-0.39, 0.29) is 23.6 Å². The lowest BCUT2D eigenvalue weighted by Crippen LogP contribution is -2.17. The summed E-state index contributed by atoms with van der Waals surface area (Å²) in [6, 6.07) is 13.8. The van der Waals surface area contributed by atoms with Crippen LogP contribution in [0.3, 0.4) is 0 Å². The molecule has 0 saturated carbocycles. The van der Waals surface area contributed by atoms with Crippen molar-refractivity contribution in [1.29, 1.82) is 0 Å². The number of nitrogens with one attached hydrogen (secondary N) is 3. The zero-order valence-corrected chi connectivity index (χ0v) is 15.6. The quantitative estimate of drug-likeness (QED) is 0.687. The molecule has 0 radical (unpaired) electrons. The van der Waals surface area contributed by atoms with Gasteiger partial charge in [0.2, 0.25) is 11.8 Å². The van der Waals surface area contributed by atoms with E-state index in [4.69, 9.17) is 0 Å². The first-order valence-electron chi connectivity index (χ1n) is 8.61. The van der Waals surface area contributed by atoms with Crippen LogP contribution in [0.5, 0.6) is 0 Å². The molecule has 0 aromatic heterocycles. The first kappa shape index (κ1) is 19.9. The van der Waals surface area contributed by atoms with Crippen LogP contribution in [0.2, 0.25) is 0 Å². The van der Waals surface area contributed by atoms with Crippen molar-refractivity contribution in [3.8, 4) is 0 Å². The molecule has 6 nitrogen and oxygen atoms in total. The molecule has 0 aliphatic rings. The normalized spacial score (nSPS) is 10.7. The van der Waals surface area contributed by atoms with Crippen molar-refractivity contribution in [1.82, 2.24) is 5.32 Å². The predicted molar refractivity (Wildman–Crippen MR) is 107 cm³/mol. The average Bonchev–Trinajstić information content (AvgIpc) is 2.67. The van der Waals surface area contributed by atoms with Crippen LogP contribution in [0, 0.1) is 5.92 Å². The monoisotopic (exact) mass is 365 g/mol. The van der Waals surface area contributed by atoms with E-state index in [0.717, 1.165) is 5.56 Å². The summed E-state index contributed by atoms with van der Waals surface area (Å²) in [5, 5.41) is 8.10. The Morgan fingerprint density at radius 2 is 1.41 bits per heavy atom. The standard InChI is InChI=1S/C21H23N3O3/c1-14(2)20(26)24-18-11-9-17(10-12-18)23-19(25)13-6-15-4-7-16(8-5-15)21(27)22-3/h4-14H,1-3H3,(H,22,27)(H,23,25)(H,24,26)/b13-6+. The van der Waals surface area contributed by atoms with Crippen molar-refractivity contribution in [3.63, 3.8) is 0 Å². The highest BCUT2D eigenvalue weighted by Crippen LogP contribution is 2.15. The molecule has 0 heterocycles. The minimum Gasteiger partial charge on any atom is -0.355 e. The van der Waals surface area contributed by atoms with E-state index in [1.54, 1.807) is 61.7 Å². The number of benzene rings is 2. The van der Waals surface area contributed by atoms with Crippen LogP contribution in [0.4, 0.5) is 11.4 Å². The van der Waals surface area contributed by atoms with Gasteiger partial charge in [-0.2, -0.15) is 0 Å². The Hall–Kier alpha value is -3.41. The molecular formula is C21H23N3O3. The molecule has 2 aromatic rings. The molecule has 0 aliphatic carbocycles. The van der Waals surface area contributed by atoms with Gasteiger partial charge >= 0.3 is 0 Å². The number of rotatable bonds is 6.